The van der Waals surface area contributed by atoms with Crippen LogP contribution in [0.2, 0.25) is 0 Å². The zero-order chi connectivity index (χ0) is 22.6. The smallest absolute Gasteiger partial charge is 0.269 e. The van der Waals surface area contributed by atoms with Crippen molar-refractivity contribution in [3.05, 3.63) is 89.5 Å². The Hall–Kier alpha value is -3.89. The van der Waals surface area contributed by atoms with Crippen molar-refractivity contribution >= 4 is 21.8 Å². The van der Waals surface area contributed by atoms with Gasteiger partial charge in [-0.1, -0.05) is 36.4 Å². The predicted octanol–water partition coefficient (Wildman–Crippen LogP) is 1.97. The fourth-order valence-electron chi connectivity index (χ4n) is 2.96. The molecule has 0 saturated carbocycles. The number of hydrazine groups is 1. The van der Waals surface area contributed by atoms with Gasteiger partial charge in [0, 0.05) is 17.7 Å². The Morgan fingerprint density at radius 1 is 0.781 bits per heavy atom. The molecule has 9 nitrogen and oxygen atoms in total. The molecule has 0 unspecified atom stereocenters. The largest absolute Gasteiger partial charge is 0.454 e. The molecule has 1 aliphatic heterocycles. The molecule has 0 radical (unpaired) electrons. The molecule has 0 aromatic heterocycles. The molecule has 2 amide bonds. The summed E-state index contributed by atoms with van der Waals surface area (Å²) in [5.74, 6) is -0.265. The molecule has 3 aromatic rings. The Kier molecular flexibility index (Phi) is 6.06. The van der Waals surface area contributed by atoms with Crippen molar-refractivity contribution in [2.24, 2.45) is 0 Å². The van der Waals surface area contributed by atoms with Crippen molar-refractivity contribution in [2.75, 3.05) is 6.79 Å². The van der Waals surface area contributed by atoms with Gasteiger partial charge in [0.15, 0.2) is 11.5 Å². The Labute approximate surface area is 184 Å². The third-order valence-electron chi connectivity index (χ3n) is 4.64. The van der Waals surface area contributed by atoms with Gasteiger partial charge in [-0.25, -0.2) is 13.1 Å². The van der Waals surface area contributed by atoms with Gasteiger partial charge in [0.2, 0.25) is 16.8 Å². The summed E-state index contributed by atoms with van der Waals surface area (Å²) >= 11 is 0. The number of amides is 2. The number of rotatable bonds is 6. The van der Waals surface area contributed by atoms with Gasteiger partial charge in [-0.2, -0.15) is 0 Å². The average Bonchev–Trinajstić information content (AvgIpc) is 3.30. The maximum absolute atomic E-state index is 12.6. The van der Waals surface area contributed by atoms with Gasteiger partial charge in [-0.15, -0.1) is 0 Å². The molecule has 0 saturated heterocycles. The zero-order valence-electron chi connectivity index (χ0n) is 16.7. The lowest BCUT2D eigenvalue weighted by molar-refractivity contribution is 0.0846. The molecular formula is C22H19N3O6S. The molecule has 10 heteroatoms. The molecule has 0 fully saturated rings. The molecule has 3 N–H and O–H groups in total. The number of carbonyl (C=O) groups is 2. The monoisotopic (exact) mass is 453 g/mol. The molecule has 0 aliphatic carbocycles. The van der Waals surface area contributed by atoms with Crippen LogP contribution in [-0.2, 0) is 16.6 Å². The van der Waals surface area contributed by atoms with Crippen LogP contribution in [0.4, 0.5) is 0 Å². The number of hydrogen-bond acceptors (Lipinski definition) is 6. The summed E-state index contributed by atoms with van der Waals surface area (Å²) in [5.41, 5.74) is 5.70. The number of fused-ring (bicyclic) bond motifs is 1. The summed E-state index contributed by atoms with van der Waals surface area (Å²) in [4.78, 5) is 24.7. The summed E-state index contributed by atoms with van der Waals surface area (Å²) in [6.07, 6.45) is 0. The number of benzene rings is 3. The van der Waals surface area contributed by atoms with E-state index in [2.05, 4.69) is 15.6 Å². The van der Waals surface area contributed by atoms with Crippen molar-refractivity contribution in [1.82, 2.24) is 15.6 Å². The molecule has 164 valence electrons. The second kappa shape index (κ2) is 9.08. The lowest BCUT2D eigenvalue weighted by atomic mass is 10.2. The Morgan fingerprint density at radius 3 is 2.22 bits per heavy atom. The van der Waals surface area contributed by atoms with Crippen LogP contribution in [0.5, 0.6) is 11.5 Å². The molecule has 1 heterocycles. The number of nitrogens with one attached hydrogen (secondary N) is 3. The molecule has 1 aliphatic rings. The van der Waals surface area contributed by atoms with Crippen LogP contribution in [0.3, 0.4) is 0 Å². The average molecular weight is 453 g/mol. The number of hydrogen-bond donors (Lipinski definition) is 3. The number of ether oxygens (including phenoxy) is 2. The predicted molar refractivity (Wildman–Crippen MR) is 114 cm³/mol. The molecule has 0 atom stereocenters. The van der Waals surface area contributed by atoms with Crippen molar-refractivity contribution in [3.8, 4) is 11.5 Å². The highest BCUT2D eigenvalue weighted by Crippen LogP contribution is 2.32. The van der Waals surface area contributed by atoms with Gasteiger partial charge in [-0.3, -0.25) is 20.4 Å². The lowest BCUT2D eigenvalue weighted by Gasteiger charge is -2.10. The fourth-order valence-corrected chi connectivity index (χ4v) is 4.02. The van der Waals surface area contributed by atoms with Crippen LogP contribution in [-0.4, -0.2) is 27.0 Å². The van der Waals surface area contributed by atoms with Gasteiger partial charge in [-0.05, 0) is 42.0 Å². The normalized spacial score (nSPS) is 12.2. The zero-order valence-corrected chi connectivity index (χ0v) is 17.5. The Balaban J connectivity index is 1.39. The van der Waals surface area contributed by atoms with Crippen LogP contribution in [0, 0.1) is 0 Å². The van der Waals surface area contributed by atoms with Crippen LogP contribution < -0.4 is 25.0 Å². The topological polar surface area (TPSA) is 123 Å². The highest BCUT2D eigenvalue weighted by atomic mass is 32.2. The maximum atomic E-state index is 12.6. The quantitative estimate of drug-likeness (QED) is 0.491. The third-order valence-corrected chi connectivity index (χ3v) is 6.04. The van der Waals surface area contributed by atoms with Gasteiger partial charge in [0.05, 0.1) is 4.90 Å². The van der Waals surface area contributed by atoms with Crippen LogP contribution in [0.25, 0.3) is 0 Å². The van der Waals surface area contributed by atoms with Crippen LogP contribution in [0.1, 0.15) is 26.3 Å². The van der Waals surface area contributed by atoms with Crippen molar-refractivity contribution < 1.29 is 27.5 Å². The van der Waals surface area contributed by atoms with E-state index < -0.39 is 21.8 Å². The highest BCUT2D eigenvalue weighted by Gasteiger charge is 2.18. The lowest BCUT2D eigenvalue weighted by Crippen LogP contribution is -2.41. The van der Waals surface area contributed by atoms with E-state index in [1.54, 1.807) is 18.2 Å². The van der Waals surface area contributed by atoms with Gasteiger partial charge >= 0.3 is 0 Å². The Bertz CT molecular complexity index is 1260. The summed E-state index contributed by atoms with van der Waals surface area (Å²) < 4.78 is 38.1. The van der Waals surface area contributed by atoms with Crippen LogP contribution in [0.15, 0.2) is 77.7 Å². The van der Waals surface area contributed by atoms with Gasteiger partial charge in [0.25, 0.3) is 11.8 Å². The molecule has 0 spiro atoms. The molecular weight excluding hydrogens is 434 g/mol. The Morgan fingerprint density at radius 2 is 1.47 bits per heavy atom. The van der Waals surface area contributed by atoms with Gasteiger partial charge in [0.1, 0.15) is 0 Å². The van der Waals surface area contributed by atoms with E-state index in [1.165, 1.54) is 36.4 Å². The SMILES string of the molecule is O=C(NNC(=O)c1ccc2c(c1)OCO2)c1cccc(S(=O)(=O)NCc2ccccc2)c1. The van der Waals surface area contributed by atoms with Crippen LogP contribution >= 0.6 is 0 Å². The minimum Gasteiger partial charge on any atom is -0.454 e. The summed E-state index contributed by atoms with van der Waals surface area (Å²) in [7, 11) is -3.84. The maximum Gasteiger partial charge on any atom is 0.269 e. The second-order valence-corrected chi connectivity index (χ2v) is 8.58. The minimum absolute atomic E-state index is 0.0665. The van der Waals surface area contributed by atoms with Crippen molar-refractivity contribution in [3.63, 3.8) is 0 Å². The fraction of sp³-hybridized carbons (Fsp3) is 0.0909. The van der Waals surface area contributed by atoms with E-state index >= 15 is 0 Å². The third kappa shape index (κ3) is 4.88. The van der Waals surface area contributed by atoms with E-state index in [0.29, 0.717) is 11.5 Å². The molecule has 32 heavy (non-hydrogen) atoms. The first kappa shape index (κ1) is 21.3. The summed E-state index contributed by atoms with van der Waals surface area (Å²) in [6, 6.07) is 19.2. The van der Waals surface area contributed by atoms with Crippen molar-refractivity contribution in [2.45, 2.75) is 11.4 Å². The number of carbonyl (C=O) groups excluding carboxylic acids is 2. The van der Waals surface area contributed by atoms with Crippen molar-refractivity contribution in [1.29, 1.82) is 0 Å². The van der Waals surface area contributed by atoms with Gasteiger partial charge < -0.3 is 9.47 Å². The first-order valence-corrected chi connectivity index (χ1v) is 11.0. The first-order valence-electron chi connectivity index (χ1n) is 9.56. The molecule has 3 aromatic carbocycles. The highest BCUT2D eigenvalue weighted by molar-refractivity contribution is 7.89. The van der Waals surface area contributed by atoms with E-state index in [4.69, 9.17) is 9.47 Å². The van der Waals surface area contributed by atoms with E-state index in [-0.39, 0.29) is 29.4 Å². The standard InChI is InChI=1S/C22H19N3O6S/c26-21(24-25-22(27)17-9-10-19-20(12-17)31-14-30-19)16-7-4-8-18(11-16)32(28,29)23-13-15-5-2-1-3-6-15/h1-12,23H,13-14H2,(H,24,26)(H,25,27). The van der Waals surface area contributed by atoms with E-state index in [1.807, 2.05) is 18.2 Å². The summed E-state index contributed by atoms with van der Waals surface area (Å²) in [5, 5.41) is 0. The summed E-state index contributed by atoms with van der Waals surface area (Å²) in [6.45, 7) is 0.196. The molecule has 4 rings (SSSR count). The number of sulfonamides is 1. The van der Waals surface area contributed by atoms with E-state index in [9.17, 15) is 18.0 Å². The second-order valence-electron chi connectivity index (χ2n) is 6.81. The molecule has 0 bridgehead atoms. The minimum atomic E-state index is -3.84. The van der Waals surface area contributed by atoms with E-state index in [0.717, 1.165) is 5.56 Å². The first-order chi connectivity index (χ1) is 15.4.